The van der Waals surface area contributed by atoms with Gasteiger partial charge < -0.3 is 14.8 Å². The van der Waals surface area contributed by atoms with Crippen LogP contribution in [0.3, 0.4) is 0 Å². The van der Waals surface area contributed by atoms with Gasteiger partial charge in [0.1, 0.15) is 0 Å². The van der Waals surface area contributed by atoms with E-state index in [0.717, 1.165) is 39.0 Å². The van der Waals surface area contributed by atoms with Crippen LogP contribution in [0.2, 0.25) is 0 Å². The second-order valence-corrected chi connectivity index (χ2v) is 5.04. The fourth-order valence-electron chi connectivity index (χ4n) is 2.83. The van der Waals surface area contributed by atoms with Gasteiger partial charge in [-0.1, -0.05) is 31.2 Å². The molecule has 0 aromatic heterocycles. The largest absolute Gasteiger partial charge is 0.385 e. The Hall–Kier alpha value is -0.900. The topological polar surface area (TPSA) is 30.5 Å². The lowest BCUT2D eigenvalue weighted by molar-refractivity contribution is 0.0117. The van der Waals surface area contributed by atoms with E-state index in [2.05, 4.69) is 36.5 Å². The zero-order valence-corrected chi connectivity index (χ0v) is 12.0. The summed E-state index contributed by atoms with van der Waals surface area (Å²) in [6, 6.07) is 9.04. The van der Waals surface area contributed by atoms with Crippen molar-refractivity contribution in [3.05, 3.63) is 35.4 Å². The molecule has 1 aliphatic heterocycles. The van der Waals surface area contributed by atoms with Crippen LogP contribution >= 0.6 is 0 Å². The number of nitrogens with one attached hydrogen (secondary N) is 1. The van der Waals surface area contributed by atoms with Crippen LogP contribution in [-0.2, 0) is 15.9 Å². The van der Waals surface area contributed by atoms with Gasteiger partial charge in [-0.3, -0.25) is 0 Å². The van der Waals surface area contributed by atoms with E-state index < -0.39 is 0 Å². The molecule has 0 spiro atoms. The molecule has 0 aliphatic carbocycles. The first-order valence-corrected chi connectivity index (χ1v) is 7.28. The summed E-state index contributed by atoms with van der Waals surface area (Å²) >= 11 is 0. The van der Waals surface area contributed by atoms with Crippen LogP contribution in [0.5, 0.6) is 0 Å². The molecule has 1 aliphatic rings. The number of ether oxygens (including phenoxy) is 2. The van der Waals surface area contributed by atoms with Crippen molar-refractivity contribution >= 4 is 0 Å². The molecule has 0 saturated carbocycles. The van der Waals surface area contributed by atoms with E-state index >= 15 is 0 Å². The van der Waals surface area contributed by atoms with Crippen LogP contribution in [0, 0.1) is 0 Å². The van der Waals surface area contributed by atoms with Gasteiger partial charge in [-0.05, 0) is 36.9 Å². The second-order valence-electron chi connectivity index (χ2n) is 5.04. The number of hydrogen-bond donors (Lipinski definition) is 1. The molecule has 19 heavy (non-hydrogen) atoms. The Morgan fingerprint density at radius 3 is 3.05 bits per heavy atom. The van der Waals surface area contributed by atoms with Crippen molar-refractivity contribution in [1.29, 1.82) is 0 Å². The summed E-state index contributed by atoms with van der Waals surface area (Å²) in [4.78, 5) is 0. The van der Waals surface area contributed by atoms with Gasteiger partial charge >= 0.3 is 0 Å². The van der Waals surface area contributed by atoms with Gasteiger partial charge in [0.25, 0.3) is 0 Å². The molecule has 3 nitrogen and oxygen atoms in total. The van der Waals surface area contributed by atoms with Gasteiger partial charge in [0.05, 0.1) is 12.7 Å². The number of methoxy groups -OCH3 is 1. The van der Waals surface area contributed by atoms with Crippen molar-refractivity contribution in [2.45, 2.75) is 38.3 Å². The van der Waals surface area contributed by atoms with Crippen LogP contribution in [0.25, 0.3) is 0 Å². The molecule has 0 bridgehead atoms. The van der Waals surface area contributed by atoms with Gasteiger partial charge in [-0.2, -0.15) is 0 Å². The predicted molar refractivity (Wildman–Crippen MR) is 77.4 cm³/mol. The van der Waals surface area contributed by atoms with Crippen molar-refractivity contribution < 1.29 is 9.47 Å². The molecule has 0 fully saturated rings. The molecule has 2 rings (SSSR count). The van der Waals surface area contributed by atoms with Crippen LogP contribution in [0.1, 0.15) is 37.0 Å². The zero-order valence-electron chi connectivity index (χ0n) is 12.0. The third-order valence-corrected chi connectivity index (χ3v) is 3.73. The van der Waals surface area contributed by atoms with E-state index in [4.69, 9.17) is 9.47 Å². The number of likely N-dealkylation sites (N-methyl/N-ethyl adjacent to an activating group) is 1. The van der Waals surface area contributed by atoms with E-state index in [9.17, 15) is 0 Å². The lowest BCUT2D eigenvalue weighted by Crippen LogP contribution is -2.38. The zero-order chi connectivity index (χ0) is 13.5. The van der Waals surface area contributed by atoms with Crippen molar-refractivity contribution in [2.75, 3.05) is 26.9 Å². The maximum atomic E-state index is 6.05. The van der Waals surface area contributed by atoms with Gasteiger partial charge in [0, 0.05) is 19.8 Å². The highest BCUT2D eigenvalue weighted by Gasteiger charge is 2.27. The molecule has 3 heteroatoms. The molecular weight excluding hydrogens is 238 g/mol. The SMILES string of the molecule is CCNC(CCCOC)C1OCCc2ccccc21. The number of benzene rings is 1. The lowest BCUT2D eigenvalue weighted by Gasteiger charge is -2.33. The van der Waals surface area contributed by atoms with Crippen molar-refractivity contribution in [3.63, 3.8) is 0 Å². The van der Waals surface area contributed by atoms with Crippen molar-refractivity contribution in [3.8, 4) is 0 Å². The Morgan fingerprint density at radius 1 is 1.42 bits per heavy atom. The number of hydrogen-bond acceptors (Lipinski definition) is 3. The van der Waals surface area contributed by atoms with Gasteiger partial charge in [0.15, 0.2) is 0 Å². The molecule has 2 atom stereocenters. The van der Waals surface area contributed by atoms with Crippen molar-refractivity contribution in [2.24, 2.45) is 0 Å². The molecule has 2 unspecified atom stereocenters. The fraction of sp³-hybridized carbons (Fsp3) is 0.625. The highest BCUT2D eigenvalue weighted by atomic mass is 16.5. The third-order valence-electron chi connectivity index (χ3n) is 3.73. The molecule has 0 amide bonds. The van der Waals surface area contributed by atoms with E-state index in [1.807, 2.05) is 0 Å². The predicted octanol–water partition coefficient (Wildman–Crippen LogP) is 2.71. The first-order chi connectivity index (χ1) is 9.36. The molecule has 1 heterocycles. The molecule has 106 valence electrons. The Balaban J connectivity index is 2.08. The van der Waals surface area contributed by atoms with Crippen molar-refractivity contribution in [1.82, 2.24) is 5.32 Å². The van der Waals surface area contributed by atoms with E-state index in [1.165, 1.54) is 11.1 Å². The summed E-state index contributed by atoms with van der Waals surface area (Å²) in [6.07, 6.45) is 3.36. The summed E-state index contributed by atoms with van der Waals surface area (Å²) in [5, 5.41) is 3.57. The Kier molecular flexibility index (Phi) is 5.83. The molecular formula is C16H25NO2. The van der Waals surface area contributed by atoms with Gasteiger partial charge in [-0.15, -0.1) is 0 Å². The minimum Gasteiger partial charge on any atom is -0.385 e. The van der Waals surface area contributed by atoms with Crippen LogP contribution in [0.15, 0.2) is 24.3 Å². The quantitative estimate of drug-likeness (QED) is 0.767. The number of fused-ring (bicyclic) bond motifs is 1. The van der Waals surface area contributed by atoms with Crippen LogP contribution in [-0.4, -0.2) is 32.9 Å². The van der Waals surface area contributed by atoms with Crippen LogP contribution < -0.4 is 5.32 Å². The third kappa shape index (κ3) is 3.78. The normalized spacial score (nSPS) is 20.0. The standard InChI is InChI=1S/C16H25NO2/c1-3-17-15(9-6-11-18-2)16-14-8-5-4-7-13(14)10-12-19-16/h4-5,7-8,15-17H,3,6,9-12H2,1-2H3. The summed E-state index contributed by atoms with van der Waals surface area (Å²) in [6.45, 7) is 4.77. The minimum absolute atomic E-state index is 0.182. The minimum atomic E-state index is 0.182. The van der Waals surface area contributed by atoms with Crippen LogP contribution in [0.4, 0.5) is 0 Å². The summed E-state index contributed by atoms with van der Waals surface area (Å²) in [7, 11) is 1.76. The Labute approximate surface area is 116 Å². The first kappa shape index (κ1) is 14.5. The highest BCUT2D eigenvalue weighted by molar-refractivity contribution is 5.31. The van der Waals surface area contributed by atoms with E-state index in [-0.39, 0.29) is 6.10 Å². The highest BCUT2D eigenvalue weighted by Crippen LogP contribution is 2.31. The first-order valence-electron chi connectivity index (χ1n) is 7.28. The van der Waals surface area contributed by atoms with E-state index in [0.29, 0.717) is 6.04 Å². The Morgan fingerprint density at radius 2 is 2.26 bits per heavy atom. The average molecular weight is 263 g/mol. The molecule has 1 aromatic rings. The monoisotopic (exact) mass is 263 g/mol. The number of rotatable bonds is 7. The summed E-state index contributed by atoms with van der Waals surface area (Å²) in [5.74, 6) is 0. The molecule has 1 N–H and O–H groups in total. The molecule has 1 aromatic carbocycles. The molecule has 0 saturated heterocycles. The molecule has 0 radical (unpaired) electrons. The van der Waals surface area contributed by atoms with Gasteiger partial charge in [0.2, 0.25) is 0 Å². The Bertz CT molecular complexity index is 381. The van der Waals surface area contributed by atoms with E-state index in [1.54, 1.807) is 7.11 Å². The van der Waals surface area contributed by atoms with Gasteiger partial charge in [-0.25, -0.2) is 0 Å². The second kappa shape index (κ2) is 7.63. The average Bonchev–Trinajstić information content (AvgIpc) is 2.46. The lowest BCUT2D eigenvalue weighted by atomic mass is 9.91. The fourth-order valence-corrected chi connectivity index (χ4v) is 2.83. The maximum Gasteiger partial charge on any atom is 0.0980 e. The summed E-state index contributed by atoms with van der Waals surface area (Å²) < 4.78 is 11.2. The maximum absolute atomic E-state index is 6.05. The smallest absolute Gasteiger partial charge is 0.0980 e. The summed E-state index contributed by atoms with van der Waals surface area (Å²) in [5.41, 5.74) is 2.80.